The van der Waals surface area contributed by atoms with E-state index in [0.717, 1.165) is 5.56 Å². The number of rotatable bonds is 4. The standard InChI is InChI=1S/C17H16N2O3/c1-21-15-8-13-14(9-16(15)22-2)18-11-19(17(13)20)10-12-6-4-3-5-7-12/h3-9,11H,10H2,1-2H3. The highest BCUT2D eigenvalue weighted by Gasteiger charge is 2.11. The maximum absolute atomic E-state index is 12.6. The average molecular weight is 296 g/mol. The predicted octanol–water partition coefficient (Wildman–Crippen LogP) is 2.46. The number of methoxy groups -OCH3 is 2. The van der Waals surface area contributed by atoms with Gasteiger partial charge in [-0.2, -0.15) is 0 Å². The number of nitrogens with zero attached hydrogens (tertiary/aromatic N) is 2. The van der Waals surface area contributed by atoms with Crippen LogP contribution in [0.5, 0.6) is 11.5 Å². The summed E-state index contributed by atoms with van der Waals surface area (Å²) in [5.74, 6) is 1.08. The summed E-state index contributed by atoms with van der Waals surface area (Å²) in [4.78, 5) is 17.0. The van der Waals surface area contributed by atoms with Crippen LogP contribution in [0.15, 0.2) is 53.6 Å². The summed E-state index contributed by atoms with van der Waals surface area (Å²) in [6, 6.07) is 13.2. The van der Waals surface area contributed by atoms with Crippen molar-refractivity contribution in [1.82, 2.24) is 9.55 Å². The Bertz CT molecular complexity index is 857. The fraction of sp³-hybridized carbons (Fsp3) is 0.176. The topological polar surface area (TPSA) is 53.4 Å². The maximum Gasteiger partial charge on any atom is 0.261 e. The summed E-state index contributed by atoms with van der Waals surface area (Å²) in [6.45, 7) is 0.483. The average Bonchev–Trinajstić information content (AvgIpc) is 2.57. The Morgan fingerprint density at radius 3 is 2.41 bits per heavy atom. The minimum atomic E-state index is -0.102. The molecule has 0 N–H and O–H groups in total. The molecule has 0 amide bonds. The van der Waals surface area contributed by atoms with Gasteiger partial charge < -0.3 is 9.47 Å². The van der Waals surface area contributed by atoms with Gasteiger partial charge in [0.05, 0.1) is 38.0 Å². The van der Waals surface area contributed by atoms with E-state index in [1.807, 2.05) is 30.3 Å². The van der Waals surface area contributed by atoms with Gasteiger partial charge in [-0.25, -0.2) is 4.98 Å². The quantitative estimate of drug-likeness (QED) is 0.742. The largest absolute Gasteiger partial charge is 0.493 e. The summed E-state index contributed by atoms with van der Waals surface area (Å²) in [6.07, 6.45) is 1.56. The van der Waals surface area contributed by atoms with Crippen LogP contribution in [0.2, 0.25) is 0 Å². The fourth-order valence-corrected chi connectivity index (χ4v) is 2.38. The van der Waals surface area contributed by atoms with Gasteiger partial charge in [-0.1, -0.05) is 30.3 Å². The molecule has 1 aromatic heterocycles. The van der Waals surface area contributed by atoms with Crippen molar-refractivity contribution in [1.29, 1.82) is 0 Å². The first kappa shape index (κ1) is 14.1. The normalized spacial score (nSPS) is 10.6. The zero-order valence-corrected chi connectivity index (χ0v) is 12.4. The first-order chi connectivity index (χ1) is 10.7. The second-order valence-electron chi connectivity index (χ2n) is 4.89. The zero-order valence-electron chi connectivity index (χ0n) is 12.4. The highest BCUT2D eigenvalue weighted by Crippen LogP contribution is 2.29. The van der Waals surface area contributed by atoms with E-state index in [4.69, 9.17) is 9.47 Å². The Kier molecular flexibility index (Phi) is 3.78. The molecule has 5 heteroatoms. The van der Waals surface area contributed by atoms with Gasteiger partial charge >= 0.3 is 0 Å². The third-order valence-corrected chi connectivity index (χ3v) is 3.53. The van der Waals surface area contributed by atoms with Gasteiger partial charge in [-0.15, -0.1) is 0 Å². The first-order valence-corrected chi connectivity index (χ1v) is 6.88. The molecule has 0 radical (unpaired) electrons. The molecule has 0 aliphatic rings. The Labute approximate surface area is 127 Å². The van der Waals surface area contributed by atoms with Crippen LogP contribution in [0.4, 0.5) is 0 Å². The van der Waals surface area contributed by atoms with E-state index >= 15 is 0 Å². The highest BCUT2D eigenvalue weighted by atomic mass is 16.5. The lowest BCUT2D eigenvalue weighted by atomic mass is 10.2. The first-order valence-electron chi connectivity index (χ1n) is 6.88. The van der Waals surface area contributed by atoms with Crippen LogP contribution < -0.4 is 15.0 Å². The van der Waals surface area contributed by atoms with Crippen LogP contribution in [0.1, 0.15) is 5.56 Å². The van der Waals surface area contributed by atoms with Gasteiger partial charge in [0.25, 0.3) is 5.56 Å². The van der Waals surface area contributed by atoms with Crippen LogP contribution >= 0.6 is 0 Å². The third kappa shape index (κ3) is 2.53. The third-order valence-electron chi connectivity index (χ3n) is 3.53. The monoisotopic (exact) mass is 296 g/mol. The van der Waals surface area contributed by atoms with Crippen molar-refractivity contribution in [2.24, 2.45) is 0 Å². The molecule has 0 aliphatic heterocycles. The van der Waals surface area contributed by atoms with E-state index in [0.29, 0.717) is 28.9 Å². The molecule has 22 heavy (non-hydrogen) atoms. The molecule has 0 aliphatic carbocycles. The Hall–Kier alpha value is -2.82. The van der Waals surface area contributed by atoms with E-state index in [2.05, 4.69) is 4.98 Å². The highest BCUT2D eigenvalue weighted by molar-refractivity contribution is 5.81. The van der Waals surface area contributed by atoms with Gasteiger partial charge in [-0.05, 0) is 11.6 Å². The molecule has 5 nitrogen and oxygen atoms in total. The van der Waals surface area contributed by atoms with Crippen molar-refractivity contribution in [2.45, 2.75) is 6.54 Å². The van der Waals surface area contributed by atoms with Gasteiger partial charge in [0.1, 0.15) is 0 Å². The zero-order chi connectivity index (χ0) is 15.5. The summed E-state index contributed by atoms with van der Waals surface area (Å²) >= 11 is 0. The van der Waals surface area contributed by atoms with Gasteiger partial charge in [0, 0.05) is 6.07 Å². The van der Waals surface area contributed by atoms with E-state index in [9.17, 15) is 4.79 Å². The molecule has 0 fully saturated rings. The minimum Gasteiger partial charge on any atom is -0.493 e. The van der Waals surface area contributed by atoms with Crippen molar-refractivity contribution in [3.8, 4) is 11.5 Å². The van der Waals surface area contributed by atoms with Crippen LogP contribution in [0.25, 0.3) is 10.9 Å². The van der Waals surface area contributed by atoms with Crippen LogP contribution in [0, 0.1) is 0 Å². The SMILES string of the molecule is COc1cc2ncn(Cc3ccccc3)c(=O)c2cc1OC. The van der Waals surface area contributed by atoms with Crippen LogP contribution in [-0.2, 0) is 6.54 Å². The van der Waals surface area contributed by atoms with Crippen molar-refractivity contribution >= 4 is 10.9 Å². The van der Waals surface area contributed by atoms with E-state index in [1.54, 1.807) is 37.2 Å². The summed E-state index contributed by atoms with van der Waals surface area (Å²) in [5, 5.41) is 0.510. The van der Waals surface area contributed by atoms with Gasteiger partial charge in [-0.3, -0.25) is 9.36 Å². The summed E-state index contributed by atoms with van der Waals surface area (Å²) < 4.78 is 12.1. The van der Waals surface area contributed by atoms with Crippen molar-refractivity contribution in [3.63, 3.8) is 0 Å². The maximum atomic E-state index is 12.6. The molecule has 2 aromatic carbocycles. The van der Waals surface area contributed by atoms with E-state index in [1.165, 1.54) is 0 Å². The van der Waals surface area contributed by atoms with E-state index in [-0.39, 0.29) is 5.56 Å². The molecule has 1 heterocycles. The Morgan fingerprint density at radius 2 is 1.73 bits per heavy atom. The minimum absolute atomic E-state index is 0.102. The van der Waals surface area contributed by atoms with Crippen LogP contribution in [0.3, 0.4) is 0 Å². The lowest BCUT2D eigenvalue weighted by Crippen LogP contribution is -2.21. The molecule has 0 bridgehead atoms. The fourth-order valence-electron chi connectivity index (χ4n) is 2.38. The number of ether oxygens (including phenoxy) is 2. The molecule has 0 saturated carbocycles. The molecular formula is C17H16N2O3. The second-order valence-corrected chi connectivity index (χ2v) is 4.89. The number of hydrogen-bond donors (Lipinski definition) is 0. The molecule has 0 unspecified atom stereocenters. The lowest BCUT2D eigenvalue weighted by molar-refractivity contribution is 0.355. The lowest BCUT2D eigenvalue weighted by Gasteiger charge is -2.10. The number of fused-ring (bicyclic) bond motifs is 1. The number of aromatic nitrogens is 2. The second kappa shape index (κ2) is 5.89. The molecule has 0 atom stereocenters. The summed E-state index contributed by atoms with van der Waals surface area (Å²) in [7, 11) is 3.10. The molecule has 3 aromatic rings. The number of benzene rings is 2. The smallest absolute Gasteiger partial charge is 0.261 e. The molecule has 3 rings (SSSR count). The number of hydrogen-bond acceptors (Lipinski definition) is 4. The summed E-state index contributed by atoms with van der Waals surface area (Å²) in [5.41, 5.74) is 1.54. The predicted molar refractivity (Wildman–Crippen MR) is 84.7 cm³/mol. The van der Waals surface area contributed by atoms with Gasteiger partial charge in [0.2, 0.25) is 0 Å². The Morgan fingerprint density at radius 1 is 1.05 bits per heavy atom. The van der Waals surface area contributed by atoms with E-state index < -0.39 is 0 Å². The van der Waals surface area contributed by atoms with Gasteiger partial charge in [0.15, 0.2) is 11.5 Å². The van der Waals surface area contributed by atoms with Crippen molar-refractivity contribution in [3.05, 3.63) is 64.7 Å². The Balaban J connectivity index is 2.11. The van der Waals surface area contributed by atoms with Crippen molar-refractivity contribution in [2.75, 3.05) is 14.2 Å². The molecule has 0 spiro atoms. The molecular weight excluding hydrogens is 280 g/mol. The van der Waals surface area contributed by atoms with Crippen LogP contribution in [-0.4, -0.2) is 23.8 Å². The molecule has 112 valence electrons. The van der Waals surface area contributed by atoms with Crippen molar-refractivity contribution < 1.29 is 9.47 Å². The molecule has 0 saturated heterocycles.